The molecule has 1 amide bonds. The van der Waals surface area contributed by atoms with Gasteiger partial charge >= 0.3 is 0 Å². The molecular formula is C14H17FN2O4. The third-order valence-electron chi connectivity index (χ3n) is 3.76. The van der Waals surface area contributed by atoms with Gasteiger partial charge in [-0.1, -0.05) is 0 Å². The van der Waals surface area contributed by atoms with E-state index in [9.17, 15) is 24.4 Å². The number of nitro benzene ring substituents is 1. The van der Waals surface area contributed by atoms with Crippen molar-refractivity contribution in [1.82, 2.24) is 5.32 Å². The lowest BCUT2D eigenvalue weighted by Gasteiger charge is -2.12. The van der Waals surface area contributed by atoms with Crippen molar-refractivity contribution >= 4 is 11.6 Å². The van der Waals surface area contributed by atoms with Gasteiger partial charge in [0.1, 0.15) is 5.82 Å². The number of rotatable bonds is 4. The van der Waals surface area contributed by atoms with Crippen molar-refractivity contribution in [2.45, 2.75) is 32.3 Å². The minimum atomic E-state index is -0.746. The van der Waals surface area contributed by atoms with E-state index >= 15 is 0 Å². The van der Waals surface area contributed by atoms with Gasteiger partial charge in [0.05, 0.1) is 16.6 Å². The maximum atomic E-state index is 13.9. The summed E-state index contributed by atoms with van der Waals surface area (Å²) in [4.78, 5) is 22.1. The highest BCUT2D eigenvalue weighted by Crippen LogP contribution is 2.25. The number of amides is 1. The summed E-state index contributed by atoms with van der Waals surface area (Å²) in [5, 5.41) is 22.8. The third kappa shape index (κ3) is 3.55. The lowest BCUT2D eigenvalue weighted by molar-refractivity contribution is -0.385. The molecule has 0 heterocycles. The van der Waals surface area contributed by atoms with Crippen LogP contribution in [0.1, 0.15) is 35.2 Å². The smallest absolute Gasteiger partial charge is 0.270 e. The first-order valence-electron chi connectivity index (χ1n) is 6.79. The number of aliphatic hydroxyl groups excluding tert-OH is 1. The van der Waals surface area contributed by atoms with Crippen molar-refractivity contribution in [1.29, 1.82) is 0 Å². The van der Waals surface area contributed by atoms with Crippen LogP contribution in [0.15, 0.2) is 12.1 Å². The number of nitrogens with one attached hydrogen (secondary N) is 1. The van der Waals surface area contributed by atoms with Gasteiger partial charge in [0.25, 0.3) is 11.6 Å². The number of carbonyl (C=O) groups excluding carboxylic acids is 1. The first-order chi connectivity index (χ1) is 9.88. The molecule has 0 aliphatic heterocycles. The molecule has 2 N–H and O–H groups in total. The number of halogens is 1. The van der Waals surface area contributed by atoms with Gasteiger partial charge in [0, 0.05) is 18.7 Å². The molecule has 2 atom stereocenters. The number of hydrogen-bond donors (Lipinski definition) is 2. The molecule has 2 rings (SSSR count). The number of hydrogen-bond acceptors (Lipinski definition) is 4. The average molecular weight is 296 g/mol. The minimum Gasteiger partial charge on any atom is -0.393 e. The summed E-state index contributed by atoms with van der Waals surface area (Å²) in [6.07, 6.45) is 1.77. The summed E-state index contributed by atoms with van der Waals surface area (Å²) in [6, 6.07) is 2.04. The molecule has 1 aromatic carbocycles. The summed E-state index contributed by atoms with van der Waals surface area (Å²) in [6.45, 7) is 1.71. The number of carbonyl (C=O) groups is 1. The van der Waals surface area contributed by atoms with Gasteiger partial charge in [-0.15, -0.1) is 0 Å². The Morgan fingerprint density at radius 3 is 2.81 bits per heavy atom. The van der Waals surface area contributed by atoms with Crippen LogP contribution < -0.4 is 5.32 Å². The van der Waals surface area contributed by atoms with Crippen LogP contribution in [-0.4, -0.2) is 28.6 Å². The quantitative estimate of drug-likeness (QED) is 0.656. The number of non-ortho nitro benzene ring substituents is 1. The second-order valence-electron chi connectivity index (χ2n) is 5.42. The summed E-state index contributed by atoms with van der Waals surface area (Å²) in [5.41, 5.74) is -0.568. The molecule has 1 aromatic rings. The molecule has 7 heteroatoms. The Morgan fingerprint density at radius 1 is 1.52 bits per heavy atom. The zero-order chi connectivity index (χ0) is 15.6. The molecule has 6 nitrogen and oxygen atoms in total. The van der Waals surface area contributed by atoms with Crippen LogP contribution in [0.4, 0.5) is 10.1 Å². The second kappa shape index (κ2) is 6.17. The van der Waals surface area contributed by atoms with E-state index in [1.165, 1.54) is 6.92 Å². The largest absolute Gasteiger partial charge is 0.393 e. The number of aliphatic hydroxyl groups is 1. The topological polar surface area (TPSA) is 92.5 Å². The summed E-state index contributed by atoms with van der Waals surface area (Å²) < 4.78 is 13.9. The van der Waals surface area contributed by atoms with Gasteiger partial charge < -0.3 is 10.4 Å². The van der Waals surface area contributed by atoms with Gasteiger partial charge in [-0.05, 0) is 37.7 Å². The zero-order valence-electron chi connectivity index (χ0n) is 11.6. The SMILES string of the molecule is Cc1cc([N+](=O)[O-])cc(C(=O)NCC2CCC(O)C2)c1F. The van der Waals surface area contributed by atoms with Crippen molar-refractivity contribution in [2.75, 3.05) is 6.54 Å². The Hall–Kier alpha value is -2.02. The van der Waals surface area contributed by atoms with Crippen molar-refractivity contribution in [3.05, 3.63) is 39.2 Å². The predicted octanol–water partition coefficient (Wildman–Crippen LogP) is 1.93. The van der Waals surface area contributed by atoms with Crippen molar-refractivity contribution in [3.8, 4) is 0 Å². The Labute approximate surface area is 121 Å². The lowest BCUT2D eigenvalue weighted by Crippen LogP contribution is -2.29. The molecule has 114 valence electrons. The van der Waals surface area contributed by atoms with Crippen LogP contribution in [0, 0.1) is 28.8 Å². The fourth-order valence-electron chi connectivity index (χ4n) is 2.59. The molecule has 1 saturated carbocycles. The molecule has 2 unspecified atom stereocenters. The summed E-state index contributed by atoms with van der Waals surface area (Å²) in [7, 11) is 0. The van der Waals surface area contributed by atoms with E-state index in [0.29, 0.717) is 19.4 Å². The Morgan fingerprint density at radius 2 is 2.24 bits per heavy atom. The van der Waals surface area contributed by atoms with Crippen LogP contribution in [0.3, 0.4) is 0 Å². The lowest BCUT2D eigenvalue weighted by atomic mass is 10.1. The van der Waals surface area contributed by atoms with Crippen LogP contribution in [-0.2, 0) is 0 Å². The van der Waals surface area contributed by atoms with E-state index in [0.717, 1.165) is 18.6 Å². The first kappa shape index (κ1) is 15.4. The van der Waals surface area contributed by atoms with E-state index in [-0.39, 0.29) is 28.8 Å². The number of benzene rings is 1. The van der Waals surface area contributed by atoms with Crippen molar-refractivity contribution < 1.29 is 19.2 Å². The maximum Gasteiger partial charge on any atom is 0.270 e. The molecule has 0 radical (unpaired) electrons. The van der Waals surface area contributed by atoms with Gasteiger partial charge in [-0.2, -0.15) is 0 Å². The summed E-state index contributed by atoms with van der Waals surface area (Å²) in [5.74, 6) is -1.25. The van der Waals surface area contributed by atoms with Gasteiger partial charge in [-0.25, -0.2) is 4.39 Å². The van der Waals surface area contributed by atoms with E-state index in [4.69, 9.17) is 0 Å². The van der Waals surface area contributed by atoms with Gasteiger partial charge in [0.2, 0.25) is 0 Å². The van der Waals surface area contributed by atoms with Crippen LogP contribution in [0.2, 0.25) is 0 Å². The van der Waals surface area contributed by atoms with E-state index in [1.54, 1.807) is 0 Å². The Balaban J connectivity index is 2.09. The molecule has 21 heavy (non-hydrogen) atoms. The van der Waals surface area contributed by atoms with E-state index in [2.05, 4.69) is 5.32 Å². The number of nitro groups is 1. The highest BCUT2D eigenvalue weighted by Gasteiger charge is 2.24. The predicted molar refractivity (Wildman–Crippen MR) is 73.5 cm³/mol. The van der Waals surface area contributed by atoms with E-state index < -0.39 is 16.6 Å². The Bertz CT molecular complexity index is 576. The molecule has 0 bridgehead atoms. The molecule has 0 aromatic heterocycles. The highest BCUT2D eigenvalue weighted by molar-refractivity contribution is 5.95. The molecular weight excluding hydrogens is 279 g/mol. The van der Waals surface area contributed by atoms with Crippen LogP contribution >= 0.6 is 0 Å². The van der Waals surface area contributed by atoms with Crippen LogP contribution in [0.25, 0.3) is 0 Å². The monoisotopic (exact) mass is 296 g/mol. The maximum absolute atomic E-state index is 13.9. The van der Waals surface area contributed by atoms with Crippen molar-refractivity contribution in [3.63, 3.8) is 0 Å². The summed E-state index contributed by atoms with van der Waals surface area (Å²) >= 11 is 0. The first-order valence-corrected chi connectivity index (χ1v) is 6.79. The third-order valence-corrected chi connectivity index (χ3v) is 3.76. The van der Waals surface area contributed by atoms with Crippen molar-refractivity contribution in [2.24, 2.45) is 5.92 Å². The second-order valence-corrected chi connectivity index (χ2v) is 5.42. The highest BCUT2D eigenvalue weighted by atomic mass is 19.1. The average Bonchev–Trinajstić information content (AvgIpc) is 2.84. The molecule has 0 spiro atoms. The zero-order valence-corrected chi connectivity index (χ0v) is 11.6. The number of nitrogens with zero attached hydrogens (tertiary/aromatic N) is 1. The fourth-order valence-corrected chi connectivity index (χ4v) is 2.59. The Kier molecular flexibility index (Phi) is 4.52. The van der Waals surface area contributed by atoms with Gasteiger partial charge in [0.15, 0.2) is 0 Å². The fraction of sp³-hybridized carbons (Fsp3) is 0.500. The standard InChI is InChI=1S/C14H17FN2O4/c1-8-4-10(17(20)21)6-12(13(8)15)14(19)16-7-9-2-3-11(18)5-9/h4,6,9,11,18H,2-3,5,7H2,1H3,(H,16,19). The van der Waals surface area contributed by atoms with Gasteiger partial charge in [-0.3, -0.25) is 14.9 Å². The molecule has 1 aliphatic rings. The van der Waals surface area contributed by atoms with E-state index in [1.807, 2.05) is 0 Å². The normalized spacial score (nSPS) is 21.3. The van der Waals surface area contributed by atoms with Crippen LogP contribution in [0.5, 0.6) is 0 Å². The minimum absolute atomic E-state index is 0.0608. The molecule has 1 fully saturated rings. The molecule has 0 saturated heterocycles. The molecule has 1 aliphatic carbocycles. The number of aryl methyl sites for hydroxylation is 1.